The van der Waals surface area contributed by atoms with E-state index in [4.69, 9.17) is 16.3 Å². The Balaban J connectivity index is 1.45. The first-order chi connectivity index (χ1) is 13.6. The topological polar surface area (TPSA) is 39.9 Å². The molecule has 4 rings (SSSR count). The summed E-state index contributed by atoms with van der Waals surface area (Å²) in [4.78, 5) is 0. The summed E-state index contributed by atoms with van der Waals surface area (Å²) in [7, 11) is 1.90. The first-order valence-corrected chi connectivity index (χ1v) is 10.0. The molecule has 0 saturated heterocycles. The number of fused-ring (bicyclic) bond motifs is 1. The minimum Gasteiger partial charge on any atom is -0.484 e. The van der Waals surface area contributed by atoms with Gasteiger partial charge in [0, 0.05) is 12.8 Å². The minimum atomic E-state index is -0.400. The van der Waals surface area contributed by atoms with Crippen LogP contribution in [-0.2, 0) is 19.4 Å². The number of benzene rings is 3. The molecule has 0 atom stereocenters. The Morgan fingerprint density at radius 2 is 1.89 bits per heavy atom. The average molecular weight is 414 g/mol. The van der Waals surface area contributed by atoms with E-state index in [0.29, 0.717) is 11.6 Å². The quantitative estimate of drug-likeness (QED) is 0.384. The molecule has 0 aliphatic heterocycles. The summed E-state index contributed by atoms with van der Waals surface area (Å²) in [5.41, 5.74) is 1.25. The molecule has 0 aliphatic carbocycles. The Bertz CT molecular complexity index is 1130. The van der Waals surface area contributed by atoms with Crippen LogP contribution in [0.15, 0.2) is 65.8 Å². The number of nitrogens with zero attached hydrogens (tertiary/aromatic N) is 3. The Morgan fingerprint density at radius 1 is 1.07 bits per heavy atom. The molecule has 0 saturated carbocycles. The van der Waals surface area contributed by atoms with Crippen LogP contribution in [-0.4, -0.2) is 14.8 Å². The van der Waals surface area contributed by atoms with Crippen LogP contribution >= 0.6 is 23.4 Å². The van der Waals surface area contributed by atoms with E-state index in [1.807, 2.05) is 17.7 Å². The summed E-state index contributed by atoms with van der Waals surface area (Å²) in [6.45, 7) is 0.198. The molecule has 0 unspecified atom stereocenters. The van der Waals surface area contributed by atoms with Crippen molar-refractivity contribution in [3.8, 4) is 5.75 Å². The number of ether oxygens (including phenoxy) is 1. The van der Waals surface area contributed by atoms with Gasteiger partial charge in [-0.3, -0.25) is 0 Å². The molecule has 28 heavy (non-hydrogen) atoms. The highest BCUT2D eigenvalue weighted by molar-refractivity contribution is 7.98. The summed E-state index contributed by atoms with van der Waals surface area (Å²) in [5.74, 6) is 1.47. The molecule has 0 radical (unpaired) electrons. The van der Waals surface area contributed by atoms with Gasteiger partial charge in [0.2, 0.25) is 0 Å². The minimum absolute atomic E-state index is 0.198. The van der Waals surface area contributed by atoms with Crippen LogP contribution in [0.25, 0.3) is 10.8 Å². The van der Waals surface area contributed by atoms with Crippen LogP contribution in [0.4, 0.5) is 4.39 Å². The largest absolute Gasteiger partial charge is 0.484 e. The normalized spacial score (nSPS) is 11.1. The lowest BCUT2D eigenvalue weighted by Gasteiger charge is -2.08. The van der Waals surface area contributed by atoms with Crippen molar-refractivity contribution in [2.45, 2.75) is 17.5 Å². The molecular formula is C21H17ClFN3OS. The van der Waals surface area contributed by atoms with Gasteiger partial charge in [0.1, 0.15) is 18.2 Å². The van der Waals surface area contributed by atoms with Crippen molar-refractivity contribution >= 4 is 34.1 Å². The van der Waals surface area contributed by atoms with Crippen LogP contribution in [0.2, 0.25) is 5.02 Å². The maximum absolute atomic E-state index is 13.1. The van der Waals surface area contributed by atoms with Crippen molar-refractivity contribution < 1.29 is 9.13 Å². The molecule has 0 fully saturated rings. The lowest BCUT2D eigenvalue weighted by atomic mass is 10.1. The fraction of sp³-hybridized carbons (Fsp3) is 0.143. The Labute approximate surface area is 171 Å². The molecule has 142 valence electrons. The second kappa shape index (κ2) is 8.20. The van der Waals surface area contributed by atoms with E-state index in [-0.39, 0.29) is 11.6 Å². The highest BCUT2D eigenvalue weighted by atomic mass is 35.5. The molecule has 0 amide bonds. The first-order valence-electron chi connectivity index (χ1n) is 8.67. The van der Waals surface area contributed by atoms with E-state index < -0.39 is 5.82 Å². The highest BCUT2D eigenvalue weighted by Crippen LogP contribution is 2.28. The summed E-state index contributed by atoms with van der Waals surface area (Å²) in [5, 5.41) is 12.0. The van der Waals surface area contributed by atoms with Gasteiger partial charge in [-0.15, -0.1) is 10.2 Å². The number of thioether (sulfide) groups is 1. The summed E-state index contributed by atoms with van der Waals surface area (Å²) >= 11 is 7.61. The van der Waals surface area contributed by atoms with E-state index in [1.54, 1.807) is 11.8 Å². The number of hydrogen-bond acceptors (Lipinski definition) is 4. The van der Waals surface area contributed by atoms with Gasteiger partial charge in [0.15, 0.2) is 11.0 Å². The van der Waals surface area contributed by atoms with Crippen molar-refractivity contribution in [1.82, 2.24) is 14.8 Å². The lowest BCUT2D eigenvalue weighted by molar-refractivity contribution is 0.290. The first kappa shape index (κ1) is 18.8. The number of hydrogen-bond donors (Lipinski definition) is 0. The maximum atomic E-state index is 13.1. The van der Waals surface area contributed by atoms with E-state index in [1.165, 1.54) is 34.5 Å². The molecule has 1 heterocycles. The lowest BCUT2D eigenvalue weighted by Crippen LogP contribution is -2.04. The van der Waals surface area contributed by atoms with Gasteiger partial charge in [-0.05, 0) is 34.5 Å². The molecule has 0 N–H and O–H groups in total. The predicted molar refractivity (Wildman–Crippen MR) is 110 cm³/mol. The third-order valence-electron chi connectivity index (χ3n) is 4.41. The van der Waals surface area contributed by atoms with Crippen LogP contribution in [0.3, 0.4) is 0 Å². The Morgan fingerprint density at radius 3 is 2.75 bits per heavy atom. The van der Waals surface area contributed by atoms with Gasteiger partial charge >= 0.3 is 0 Å². The van der Waals surface area contributed by atoms with Crippen LogP contribution < -0.4 is 4.74 Å². The third-order valence-corrected chi connectivity index (χ3v) is 5.78. The van der Waals surface area contributed by atoms with Gasteiger partial charge in [-0.2, -0.15) is 0 Å². The van der Waals surface area contributed by atoms with Gasteiger partial charge in [-0.1, -0.05) is 65.8 Å². The molecule has 3 aromatic carbocycles. The zero-order valence-corrected chi connectivity index (χ0v) is 16.7. The Hall–Kier alpha value is -2.57. The number of halogens is 2. The third kappa shape index (κ3) is 3.98. The van der Waals surface area contributed by atoms with E-state index in [9.17, 15) is 4.39 Å². The van der Waals surface area contributed by atoms with E-state index in [0.717, 1.165) is 10.9 Å². The zero-order chi connectivity index (χ0) is 19.5. The fourth-order valence-electron chi connectivity index (χ4n) is 2.89. The molecule has 0 spiro atoms. The fourth-order valence-corrected chi connectivity index (χ4v) is 4.05. The second-order valence-corrected chi connectivity index (χ2v) is 7.60. The summed E-state index contributed by atoms with van der Waals surface area (Å²) in [6, 6.07) is 18.7. The van der Waals surface area contributed by atoms with Gasteiger partial charge in [0.05, 0.1) is 5.02 Å². The molecule has 0 bridgehead atoms. The number of aromatic nitrogens is 3. The van der Waals surface area contributed by atoms with Crippen LogP contribution in [0, 0.1) is 5.82 Å². The van der Waals surface area contributed by atoms with Crippen molar-refractivity contribution in [3.05, 3.63) is 82.9 Å². The molecule has 4 nitrogen and oxygen atoms in total. The van der Waals surface area contributed by atoms with Crippen molar-refractivity contribution in [3.63, 3.8) is 0 Å². The SMILES string of the molecule is Cn1c(COc2ccc(F)cc2Cl)nnc1SCc1cccc2ccccc12. The molecule has 7 heteroatoms. The molecule has 4 aromatic rings. The standard InChI is InChI=1S/C21H17ClFN3OS/c1-26-20(12-27-19-10-9-16(23)11-18(19)22)24-25-21(26)28-13-15-7-4-6-14-5-2-3-8-17(14)15/h2-11H,12-13H2,1H3. The summed E-state index contributed by atoms with van der Waals surface area (Å²) < 4.78 is 20.7. The van der Waals surface area contributed by atoms with Crippen molar-refractivity contribution in [2.75, 3.05) is 0 Å². The van der Waals surface area contributed by atoms with E-state index in [2.05, 4.69) is 46.6 Å². The van der Waals surface area contributed by atoms with Gasteiger partial charge < -0.3 is 9.30 Å². The zero-order valence-electron chi connectivity index (χ0n) is 15.1. The Kier molecular flexibility index (Phi) is 5.50. The average Bonchev–Trinajstić information content (AvgIpc) is 3.05. The van der Waals surface area contributed by atoms with Crippen LogP contribution in [0.1, 0.15) is 11.4 Å². The summed E-state index contributed by atoms with van der Waals surface area (Å²) in [6.07, 6.45) is 0. The van der Waals surface area contributed by atoms with Gasteiger partial charge in [-0.25, -0.2) is 4.39 Å². The number of rotatable bonds is 6. The molecule has 0 aliphatic rings. The van der Waals surface area contributed by atoms with E-state index >= 15 is 0 Å². The van der Waals surface area contributed by atoms with Crippen molar-refractivity contribution in [2.24, 2.45) is 7.05 Å². The van der Waals surface area contributed by atoms with Crippen LogP contribution in [0.5, 0.6) is 5.75 Å². The van der Waals surface area contributed by atoms with Crippen molar-refractivity contribution in [1.29, 1.82) is 0 Å². The maximum Gasteiger partial charge on any atom is 0.191 e. The predicted octanol–water partition coefficient (Wildman–Crippen LogP) is 5.63. The molecule has 1 aromatic heterocycles. The molecular weight excluding hydrogens is 397 g/mol. The second-order valence-electron chi connectivity index (χ2n) is 6.25. The smallest absolute Gasteiger partial charge is 0.191 e. The highest BCUT2D eigenvalue weighted by Gasteiger charge is 2.12. The van der Waals surface area contributed by atoms with Gasteiger partial charge in [0.25, 0.3) is 0 Å². The monoisotopic (exact) mass is 413 g/mol.